The third-order valence-corrected chi connectivity index (χ3v) is 7.75. The molecule has 124 valence electrons. The summed E-state index contributed by atoms with van der Waals surface area (Å²) in [6.45, 7) is 2.68. The first-order valence-electron chi connectivity index (χ1n) is 6.66. The number of anilines is 1. The number of hydroxylamine groups is 1. The molecule has 1 aliphatic heterocycles. The molecular weight excluding hydrogens is 424 g/mol. The van der Waals surface area contributed by atoms with E-state index in [1.165, 1.54) is 28.9 Å². The van der Waals surface area contributed by atoms with Crippen LogP contribution in [0.4, 0.5) is 5.13 Å². The molecule has 11 heteroatoms. The molecule has 3 rings (SSSR count). The molecule has 0 radical (unpaired) electrons. The molecular formula is C12H13BrN4O3S3. The van der Waals surface area contributed by atoms with Crippen molar-refractivity contribution in [2.75, 3.05) is 31.1 Å². The molecule has 2 aromatic heterocycles. The van der Waals surface area contributed by atoms with Gasteiger partial charge in [-0.15, -0.1) is 11.3 Å². The van der Waals surface area contributed by atoms with Gasteiger partial charge in [0.2, 0.25) is 0 Å². The van der Waals surface area contributed by atoms with Gasteiger partial charge in [0.25, 0.3) is 5.91 Å². The van der Waals surface area contributed by atoms with Gasteiger partial charge in [0, 0.05) is 26.2 Å². The van der Waals surface area contributed by atoms with E-state index in [0.29, 0.717) is 31.1 Å². The van der Waals surface area contributed by atoms with Crippen molar-refractivity contribution in [1.82, 2.24) is 14.8 Å². The van der Waals surface area contributed by atoms with Crippen molar-refractivity contribution >= 4 is 60.6 Å². The normalized spacial score (nSPS) is 17.2. The second kappa shape index (κ2) is 7.36. The van der Waals surface area contributed by atoms with E-state index in [0.717, 1.165) is 13.1 Å². The van der Waals surface area contributed by atoms with Crippen LogP contribution in [0.1, 0.15) is 9.67 Å². The van der Waals surface area contributed by atoms with E-state index in [1.807, 2.05) is 16.4 Å². The van der Waals surface area contributed by atoms with Gasteiger partial charge in [-0.3, -0.25) is 10.0 Å². The third kappa shape index (κ3) is 3.80. The standard InChI is InChI=1S/C12H13BrN4O3S3/c13-9-1-2-10(22-9)23(20)17-5-3-16(4-6-17)12-14-7-8(21-12)11(18)15-19/h1-2,7,19H,3-6H2,(H,15,18). The topological polar surface area (TPSA) is 85.8 Å². The Morgan fingerprint density at radius 3 is 2.65 bits per heavy atom. The average molecular weight is 437 g/mol. The first-order chi connectivity index (χ1) is 11.1. The fourth-order valence-corrected chi connectivity index (χ4v) is 6.24. The van der Waals surface area contributed by atoms with Crippen LogP contribution in [0.25, 0.3) is 0 Å². The van der Waals surface area contributed by atoms with Crippen LogP contribution in [0, 0.1) is 0 Å². The van der Waals surface area contributed by atoms with Crippen LogP contribution >= 0.6 is 38.6 Å². The van der Waals surface area contributed by atoms with Crippen molar-refractivity contribution in [2.45, 2.75) is 4.21 Å². The largest absolute Gasteiger partial charge is 0.345 e. The van der Waals surface area contributed by atoms with E-state index in [2.05, 4.69) is 25.8 Å². The van der Waals surface area contributed by atoms with Crippen LogP contribution in [0.2, 0.25) is 0 Å². The summed E-state index contributed by atoms with van der Waals surface area (Å²) in [5.41, 5.74) is 1.60. The minimum Gasteiger partial charge on any atom is -0.345 e. The molecule has 0 aromatic carbocycles. The quantitative estimate of drug-likeness (QED) is 0.564. The predicted molar refractivity (Wildman–Crippen MR) is 93.6 cm³/mol. The van der Waals surface area contributed by atoms with Crippen LogP contribution in [-0.2, 0) is 11.0 Å². The molecule has 3 heterocycles. The Hall–Kier alpha value is -0.850. The molecule has 0 saturated carbocycles. The number of hydrogen-bond acceptors (Lipinski definition) is 7. The Kier molecular flexibility index (Phi) is 5.44. The Morgan fingerprint density at radius 2 is 2.04 bits per heavy atom. The zero-order chi connectivity index (χ0) is 16.4. The summed E-state index contributed by atoms with van der Waals surface area (Å²) in [5.74, 6) is -0.559. The van der Waals surface area contributed by atoms with E-state index >= 15 is 0 Å². The second-order valence-electron chi connectivity index (χ2n) is 4.67. The number of carbonyl (C=O) groups excluding carboxylic acids is 1. The van der Waals surface area contributed by atoms with Gasteiger partial charge in [0.05, 0.1) is 9.98 Å². The number of thiazole rings is 1. The lowest BCUT2D eigenvalue weighted by Gasteiger charge is -2.33. The molecule has 1 unspecified atom stereocenters. The van der Waals surface area contributed by atoms with Crippen LogP contribution in [-0.4, -0.2) is 50.8 Å². The maximum Gasteiger partial charge on any atom is 0.286 e. The zero-order valence-electron chi connectivity index (χ0n) is 11.8. The Labute approximate surface area is 151 Å². The zero-order valence-corrected chi connectivity index (χ0v) is 15.8. The van der Waals surface area contributed by atoms with Gasteiger partial charge < -0.3 is 4.90 Å². The first-order valence-corrected chi connectivity index (χ1v) is 10.2. The number of hydrogen-bond donors (Lipinski definition) is 2. The van der Waals surface area contributed by atoms with E-state index in [1.54, 1.807) is 5.48 Å². The molecule has 1 amide bonds. The average Bonchev–Trinajstić information content (AvgIpc) is 3.23. The molecule has 1 aliphatic rings. The van der Waals surface area contributed by atoms with E-state index in [4.69, 9.17) is 5.21 Å². The third-order valence-electron chi connectivity index (χ3n) is 3.28. The highest BCUT2D eigenvalue weighted by molar-refractivity contribution is 9.11. The molecule has 1 saturated heterocycles. The van der Waals surface area contributed by atoms with Crippen molar-refractivity contribution in [2.24, 2.45) is 0 Å². The lowest BCUT2D eigenvalue weighted by molar-refractivity contribution is 0.0710. The fraction of sp³-hybridized carbons (Fsp3) is 0.333. The smallest absolute Gasteiger partial charge is 0.286 e. The number of rotatable bonds is 4. The minimum atomic E-state index is -1.14. The molecule has 23 heavy (non-hydrogen) atoms. The van der Waals surface area contributed by atoms with Crippen molar-refractivity contribution in [3.8, 4) is 0 Å². The molecule has 0 spiro atoms. The number of amides is 1. The molecule has 1 atom stereocenters. The van der Waals surface area contributed by atoms with Crippen LogP contribution in [0.5, 0.6) is 0 Å². The highest BCUT2D eigenvalue weighted by Gasteiger charge is 2.25. The highest BCUT2D eigenvalue weighted by atomic mass is 79.9. The number of carbonyl (C=O) groups is 1. The lowest BCUT2D eigenvalue weighted by atomic mass is 10.4. The van der Waals surface area contributed by atoms with Gasteiger partial charge >= 0.3 is 0 Å². The summed E-state index contributed by atoms with van der Waals surface area (Å²) in [6.07, 6.45) is 1.44. The summed E-state index contributed by atoms with van der Waals surface area (Å²) in [7, 11) is -1.14. The van der Waals surface area contributed by atoms with Crippen LogP contribution in [0.15, 0.2) is 26.3 Å². The summed E-state index contributed by atoms with van der Waals surface area (Å²) < 4.78 is 16.2. The SMILES string of the molecule is O=C(NO)c1cnc(N2CCN(S(=O)c3ccc(Br)s3)CC2)s1. The van der Waals surface area contributed by atoms with E-state index < -0.39 is 16.9 Å². The monoisotopic (exact) mass is 436 g/mol. The van der Waals surface area contributed by atoms with Gasteiger partial charge in [0.15, 0.2) is 5.13 Å². The second-order valence-corrected chi connectivity index (χ2v) is 9.86. The number of nitrogens with one attached hydrogen (secondary N) is 1. The van der Waals surface area contributed by atoms with Gasteiger partial charge in [0.1, 0.15) is 20.1 Å². The van der Waals surface area contributed by atoms with Crippen molar-refractivity contribution < 1.29 is 14.2 Å². The maximum atomic E-state index is 12.5. The molecule has 1 fully saturated rings. The molecule has 0 aliphatic carbocycles. The Balaban J connectivity index is 1.61. The number of thiophene rings is 1. The van der Waals surface area contributed by atoms with Crippen LogP contribution in [0.3, 0.4) is 0 Å². The molecule has 0 bridgehead atoms. The maximum absolute atomic E-state index is 12.5. The van der Waals surface area contributed by atoms with Gasteiger partial charge in [-0.1, -0.05) is 11.3 Å². The number of aromatic nitrogens is 1. The van der Waals surface area contributed by atoms with Crippen LogP contribution < -0.4 is 10.4 Å². The first kappa shape index (κ1) is 17.0. The minimum absolute atomic E-state index is 0.358. The Bertz CT molecular complexity index is 727. The van der Waals surface area contributed by atoms with E-state index in [9.17, 15) is 9.00 Å². The Morgan fingerprint density at radius 1 is 1.30 bits per heavy atom. The summed E-state index contributed by atoms with van der Waals surface area (Å²) >= 11 is 6.09. The highest BCUT2D eigenvalue weighted by Crippen LogP contribution is 2.28. The number of halogens is 1. The number of nitrogens with zero attached hydrogens (tertiary/aromatic N) is 3. The van der Waals surface area contributed by atoms with Crippen molar-refractivity contribution in [3.63, 3.8) is 0 Å². The summed E-state index contributed by atoms with van der Waals surface area (Å²) in [6, 6.07) is 3.77. The summed E-state index contributed by atoms with van der Waals surface area (Å²) in [4.78, 5) is 18.0. The van der Waals surface area contributed by atoms with Crippen molar-refractivity contribution in [1.29, 1.82) is 0 Å². The van der Waals surface area contributed by atoms with E-state index in [-0.39, 0.29) is 0 Å². The lowest BCUT2D eigenvalue weighted by Crippen LogP contribution is -2.46. The molecule has 2 aromatic rings. The molecule has 7 nitrogen and oxygen atoms in total. The molecule has 2 N–H and O–H groups in total. The fourth-order valence-electron chi connectivity index (χ4n) is 2.14. The number of piperazine rings is 1. The van der Waals surface area contributed by atoms with Crippen molar-refractivity contribution in [3.05, 3.63) is 27.0 Å². The van der Waals surface area contributed by atoms with Gasteiger partial charge in [-0.25, -0.2) is 19.0 Å². The van der Waals surface area contributed by atoms with Gasteiger partial charge in [-0.05, 0) is 28.1 Å². The van der Waals surface area contributed by atoms with Gasteiger partial charge in [-0.2, -0.15) is 0 Å². The predicted octanol–water partition coefficient (Wildman–Crippen LogP) is 1.93. The summed E-state index contributed by atoms with van der Waals surface area (Å²) in [5, 5.41) is 9.37.